The van der Waals surface area contributed by atoms with Gasteiger partial charge in [0.05, 0.1) is 6.10 Å². The molecule has 0 saturated carbocycles. The van der Waals surface area contributed by atoms with Crippen molar-refractivity contribution in [1.29, 1.82) is 0 Å². The van der Waals surface area contributed by atoms with Crippen molar-refractivity contribution >= 4 is 11.9 Å². The van der Waals surface area contributed by atoms with E-state index in [0.29, 0.717) is 12.0 Å². The molecule has 0 aliphatic rings. The van der Waals surface area contributed by atoms with Crippen LogP contribution in [-0.4, -0.2) is 24.0 Å². The van der Waals surface area contributed by atoms with Gasteiger partial charge < -0.3 is 10.1 Å². The fourth-order valence-corrected chi connectivity index (χ4v) is 2.19. The molecule has 0 radical (unpaired) electrons. The zero-order valence-electron chi connectivity index (χ0n) is 13.4. The third-order valence-electron chi connectivity index (χ3n) is 3.26. The van der Waals surface area contributed by atoms with Crippen LogP contribution in [0.3, 0.4) is 0 Å². The van der Waals surface area contributed by atoms with Crippen molar-refractivity contribution in [3.05, 3.63) is 71.8 Å². The quantitative estimate of drug-likeness (QED) is 0.834. The predicted octanol–water partition coefficient (Wildman–Crippen LogP) is 2.98. The van der Waals surface area contributed by atoms with Crippen LogP contribution in [0.4, 0.5) is 0 Å². The van der Waals surface area contributed by atoms with E-state index in [-0.39, 0.29) is 12.0 Å². The number of hydrogen-bond acceptors (Lipinski definition) is 3. The van der Waals surface area contributed by atoms with E-state index in [1.807, 2.05) is 36.4 Å². The minimum Gasteiger partial charge on any atom is -0.461 e. The summed E-state index contributed by atoms with van der Waals surface area (Å²) in [5, 5.41) is 2.77. The fourth-order valence-electron chi connectivity index (χ4n) is 2.19. The van der Waals surface area contributed by atoms with Gasteiger partial charge in [0.25, 0.3) is 5.91 Å². The second kappa shape index (κ2) is 8.13. The molecule has 2 rings (SSSR count). The Hall–Kier alpha value is -2.62. The highest BCUT2D eigenvalue weighted by Gasteiger charge is 2.24. The molecular formula is C19H21NO3. The molecule has 0 fully saturated rings. The number of amides is 1. The van der Waals surface area contributed by atoms with Crippen molar-refractivity contribution in [2.75, 3.05) is 0 Å². The maximum absolute atomic E-state index is 12.3. The summed E-state index contributed by atoms with van der Waals surface area (Å²) in [6.45, 7) is 3.58. The average molecular weight is 311 g/mol. The highest BCUT2D eigenvalue weighted by Crippen LogP contribution is 2.08. The molecule has 23 heavy (non-hydrogen) atoms. The molecule has 4 heteroatoms. The fraction of sp³-hybridized carbons (Fsp3) is 0.263. The Morgan fingerprint density at radius 3 is 2.09 bits per heavy atom. The van der Waals surface area contributed by atoms with E-state index in [1.165, 1.54) is 0 Å². The summed E-state index contributed by atoms with van der Waals surface area (Å²) in [5.74, 6) is -0.708. The van der Waals surface area contributed by atoms with Crippen molar-refractivity contribution in [3.8, 4) is 0 Å². The number of esters is 1. The Kier molecular flexibility index (Phi) is 5.92. The molecule has 0 spiro atoms. The van der Waals surface area contributed by atoms with Crippen LogP contribution < -0.4 is 5.32 Å². The maximum Gasteiger partial charge on any atom is 0.329 e. The van der Waals surface area contributed by atoms with Crippen molar-refractivity contribution in [2.45, 2.75) is 32.4 Å². The topological polar surface area (TPSA) is 55.4 Å². The third-order valence-corrected chi connectivity index (χ3v) is 3.26. The van der Waals surface area contributed by atoms with Gasteiger partial charge in [0.2, 0.25) is 0 Å². The zero-order chi connectivity index (χ0) is 16.7. The number of benzene rings is 2. The van der Waals surface area contributed by atoms with Gasteiger partial charge in [0.15, 0.2) is 0 Å². The molecule has 0 aromatic heterocycles. The van der Waals surface area contributed by atoms with Crippen LogP contribution in [0.2, 0.25) is 0 Å². The van der Waals surface area contributed by atoms with Gasteiger partial charge in [-0.2, -0.15) is 0 Å². The van der Waals surface area contributed by atoms with Gasteiger partial charge in [-0.3, -0.25) is 4.79 Å². The molecule has 120 valence electrons. The normalized spacial score (nSPS) is 11.8. The highest BCUT2D eigenvalue weighted by molar-refractivity contribution is 5.96. The second-order valence-corrected chi connectivity index (χ2v) is 5.57. The molecule has 2 aromatic carbocycles. The van der Waals surface area contributed by atoms with Gasteiger partial charge in [-0.05, 0) is 31.5 Å². The molecule has 4 nitrogen and oxygen atoms in total. The predicted molar refractivity (Wildman–Crippen MR) is 89.1 cm³/mol. The minimum atomic E-state index is -0.715. The van der Waals surface area contributed by atoms with Gasteiger partial charge >= 0.3 is 5.97 Å². The molecule has 0 bridgehead atoms. The van der Waals surface area contributed by atoms with E-state index >= 15 is 0 Å². The SMILES string of the molecule is CC(C)OC(=O)[C@@H](Cc1ccccc1)NC(=O)c1ccccc1. The van der Waals surface area contributed by atoms with Gasteiger partial charge in [0.1, 0.15) is 6.04 Å². The molecule has 0 aliphatic heterocycles. The maximum atomic E-state index is 12.3. The van der Waals surface area contributed by atoms with E-state index in [1.54, 1.807) is 38.1 Å². The lowest BCUT2D eigenvalue weighted by Crippen LogP contribution is -2.44. The van der Waals surface area contributed by atoms with Gasteiger partial charge in [0, 0.05) is 12.0 Å². The number of rotatable bonds is 6. The summed E-state index contributed by atoms with van der Waals surface area (Å²) in [7, 11) is 0. The molecule has 0 heterocycles. The number of hydrogen-bond donors (Lipinski definition) is 1. The van der Waals surface area contributed by atoms with E-state index < -0.39 is 12.0 Å². The summed E-state index contributed by atoms with van der Waals surface area (Å²) in [5.41, 5.74) is 1.48. The van der Waals surface area contributed by atoms with Gasteiger partial charge in [-0.15, -0.1) is 0 Å². The third kappa shape index (κ3) is 5.25. The second-order valence-electron chi connectivity index (χ2n) is 5.57. The average Bonchev–Trinajstić information content (AvgIpc) is 2.55. The van der Waals surface area contributed by atoms with Crippen LogP contribution in [0.5, 0.6) is 0 Å². The van der Waals surface area contributed by atoms with E-state index in [2.05, 4.69) is 5.32 Å². The number of nitrogens with one attached hydrogen (secondary N) is 1. The van der Waals surface area contributed by atoms with Gasteiger partial charge in [-0.1, -0.05) is 48.5 Å². The first-order valence-corrected chi connectivity index (χ1v) is 7.66. The van der Waals surface area contributed by atoms with E-state index in [4.69, 9.17) is 4.74 Å². The first-order valence-electron chi connectivity index (χ1n) is 7.66. The van der Waals surface area contributed by atoms with Crippen molar-refractivity contribution in [1.82, 2.24) is 5.32 Å². The van der Waals surface area contributed by atoms with Crippen LogP contribution in [-0.2, 0) is 16.0 Å². The first-order chi connectivity index (χ1) is 11.1. The minimum absolute atomic E-state index is 0.227. The van der Waals surface area contributed by atoms with Gasteiger partial charge in [-0.25, -0.2) is 4.79 Å². The molecule has 1 atom stereocenters. The van der Waals surface area contributed by atoms with Crippen molar-refractivity contribution in [3.63, 3.8) is 0 Å². The monoisotopic (exact) mass is 311 g/mol. The Balaban J connectivity index is 2.12. The molecule has 0 saturated heterocycles. The largest absolute Gasteiger partial charge is 0.461 e. The summed E-state index contributed by atoms with van der Waals surface area (Å²) in [4.78, 5) is 24.6. The number of carbonyl (C=O) groups is 2. The first kappa shape index (κ1) is 16.7. The van der Waals surface area contributed by atoms with Crippen LogP contribution in [0.15, 0.2) is 60.7 Å². The standard InChI is InChI=1S/C19H21NO3/c1-14(2)23-19(22)17(13-15-9-5-3-6-10-15)20-18(21)16-11-7-4-8-12-16/h3-12,14,17H,13H2,1-2H3,(H,20,21)/t17-/m1/s1. The van der Waals surface area contributed by atoms with Crippen molar-refractivity contribution < 1.29 is 14.3 Å². The zero-order valence-corrected chi connectivity index (χ0v) is 13.4. The lowest BCUT2D eigenvalue weighted by Gasteiger charge is -2.19. The summed E-state index contributed by atoms with van der Waals surface area (Å²) < 4.78 is 5.27. The summed E-state index contributed by atoms with van der Waals surface area (Å²) in [6.07, 6.45) is 0.166. The molecular weight excluding hydrogens is 290 g/mol. The molecule has 2 aromatic rings. The van der Waals surface area contributed by atoms with Crippen molar-refractivity contribution in [2.24, 2.45) is 0 Å². The smallest absolute Gasteiger partial charge is 0.329 e. The number of ether oxygens (including phenoxy) is 1. The Bertz CT molecular complexity index is 638. The van der Waals surface area contributed by atoms with E-state index in [9.17, 15) is 9.59 Å². The lowest BCUT2D eigenvalue weighted by molar-refractivity contribution is -0.149. The highest BCUT2D eigenvalue weighted by atomic mass is 16.5. The molecule has 0 aliphatic carbocycles. The van der Waals surface area contributed by atoms with Crippen LogP contribution in [0.25, 0.3) is 0 Å². The molecule has 0 unspecified atom stereocenters. The Morgan fingerprint density at radius 2 is 1.52 bits per heavy atom. The lowest BCUT2D eigenvalue weighted by atomic mass is 10.1. The van der Waals surface area contributed by atoms with Crippen LogP contribution in [0, 0.1) is 0 Å². The summed E-state index contributed by atoms with van der Waals surface area (Å²) >= 11 is 0. The Labute approximate surface area is 136 Å². The van der Waals surface area contributed by atoms with Crippen LogP contribution >= 0.6 is 0 Å². The number of carbonyl (C=O) groups excluding carboxylic acids is 2. The molecule has 1 amide bonds. The Morgan fingerprint density at radius 1 is 0.957 bits per heavy atom. The summed E-state index contributed by atoms with van der Waals surface area (Å²) in [6, 6.07) is 17.7. The van der Waals surface area contributed by atoms with E-state index in [0.717, 1.165) is 5.56 Å². The molecule has 1 N–H and O–H groups in total. The van der Waals surface area contributed by atoms with Crippen LogP contribution in [0.1, 0.15) is 29.8 Å².